The molecule has 0 radical (unpaired) electrons. The number of thiocarbonyl (C=S) groups is 1. The maximum Gasteiger partial charge on any atom is 0.354 e. The summed E-state index contributed by atoms with van der Waals surface area (Å²) in [6, 6.07) is 0. The number of hydrogen-bond acceptors (Lipinski definition) is 7. The Kier molecular flexibility index (Phi) is 6.53. The van der Waals surface area contributed by atoms with Crippen LogP contribution < -0.4 is 11.2 Å². The molecule has 0 spiro atoms. The van der Waals surface area contributed by atoms with E-state index in [2.05, 4.69) is 17.3 Å². The van der Waals surface area contributed by atoms with Crippen molar-refractivity contribution >= 4 is 29.0 Å². The Bertz CT molecular complexity index is 323. The molecule has 0 heterocycles. The molecule has 8 N–H and O–H groups in total. The highest BCUT2D eigenvalue weighted by atomic mass is 32.1. The quantitative estimate of drug-likeness (QED) is 0.146. The summed E-state index contributed by atoms with van der Waals surface area (Å²) in [6.07, 6.45) is -5.64. The van der Waals surface area contributed by atoms with E-state index >= 15 is 0 Å². The first-order valence-electron chi connectivity index (χ1n) is 4.32. The topological polar surface area (TPSA) is 169 Å². The van der Waals surface area contributed by atoms with E-state index in [-0.39, 0.29) is 5.11 Å². The van der Waals surface area contributed by atoms with Gasteiger partial charge in [0, 0.05) is 0 Å². The molecule has 0 aromatic heterocycles. The van der Waals surface area contributed by atoms with Gasteiger partial charge in [-0.15, -0.1) is 0 Å². The van der Waals surface area contributed by atoms with Crippen LogP contribution in [0.5, 0.6) is 0 Å². The lowest BCUT2D eigenvalue weighted by molar-refractivity contribution is -0.130. The number of nitrogens with two attached hydrogens (primary N) is 1. The van der Waals surface area contributed by atoms with Gasteiger partial charge in [0.05, 0.1) is 6.61 Å². The van der Waals surface area contributed by atoms with Crippen molar-refractivity contribution < 1.29 is 30.3 Å². The highest BCUT2D eigenvalue weighted by Crippen LogP contribution is 2.02. The lowest BCUT2D eigenvalue weighted by Gasteiger charge is -2.20. The van der Waals surface area contributed by atoms with Crippen LogP contribution in [0.25, 0.3) is 0 Å². The molecule has 3 atom stereocenters. The number of carboxylic acid groups (broad SMARTS) is 1. The summed E-state index contributed by atoms with van der Waals surface area (Å²) in [4.78, 5) is 10.7. The molecule has 0 bridgehead atoms. The molecule has 0 saturated carbocycles. The van der Waals surface area contributed by atoms with Gasteiger partial charge in [-0.1, -0.05) is 0 Å². The number of hydrogen-bond donors (Lipinski definition) is 7. The summed E-state index contributed by atoms with van der Waals surface area (Å²) >= 11 is 4.36. The van der Waals surface area contributed by atoms with Crippen LogP contribution in [-0.4, -0.2) is 67.2 Å². The fourth-order valence-electron chi connectivity index (χ4n) is 0.836. The molecule has 98 valence electrons. The first-order valence-corrected chi connectivity index (χ1v) is 4.73. The van der Waals surface area contributed by atoms with E-state index in [0.717, 1.165) is 0 Å². The minimum atomic E-state index is -2.02. The van der Waals surface area contributed by atoms with Crippen molar-refractivity contribution in [3.05, 3.63) is 0 Å². The van der Waals surface area contributed by atoms with Gasteiger partial charge in [-0.05, 0) is 12.2 Å². The molecular formula is C7H13N3O6S. The molecule has 0 unspecified atom stereocenters. The molecule has 10 heteroatoms. The molecule has 0 aromatic carbocycles. The van der Waals surface area contributed by atoms with Crippen LogP contribution >= 0.6 is 12.2 Å². The Balaban J connectivity index is 4.88. The normalized spacial score (nSPS) is 17.1. The van der Waals surface area contributed by atoms with Gasteiger partial charge in [0.25, 0.3) is 0 Å². The average molecular weight is 267 g/mol. The molecule has 0 fully saturated rings. The number of carboxylic acids is 1. The Morgan fingerprint density at radius 2 is 1.94 bits per heavy atom. The molecule has 0 aliphatic rings. The van der Waals surface area contributed by atoms with E-state index in [9.17, 15) is 15.0 Å². The van der Waals surface area contributed by atoms with Crippen molar-refractivity contribution in [1.82, 2.24) is 5.43 Å². The van der Waals surface area contributed by atoms with Gasteiger partial charge in [-0.2, -0.15) is 5.10 Å². The van der Waals surface area contributed by atoms with Crippen molar-refractivity contribution in [3.63, 3.8) is 0 Å². The van der Waals surface area contributed by atoms with E-state index in [1.54, 1.807) is 0 Å². The number of nitrogens with one attached hydrogen (secondary N) is 1. The Morgan fingerprint density at radius 3 is 2.29 bits per heavy atom. The summed E-state index contributed by atoms with van der Waals surface area (Å²) < 4.78 is 0. The second kappa shape index (κ2) is 7.09. The number of rotatable bonds is 6. The van der Waals surface area contributed by atoms with Crippen LogP contribution in [0.2, 0.25) is 0 Å². The highest BCUT2D eigenvalue weighted by molar-refractivity contribution is 7.80. The van der Waals surface area contributed by atoms with Crippen LogP contribution in [0, 0.1) is 0 Å². The summed E-state index contributed by atoms with van der Waals surface area (Å²) in [5.74, 6) is -1.65. The second-order valence-corrected chi connectivity index (χ2v) is 3.40. The summed E-state index contributed by atoms with van der Waals surface area (Å²) in [7, 11) is 0. The molecular weight excluding hydrogens is 254 g/mol. The van der Waals surface area contributed by atoms with Crippen LogP contribution in [0.3, 0.4) is 0 Å². The maximum absolute atomic E-state index is 10.7. The standard InChI is InChI=1S/C7H13N3O6S/c8-7(17)10-9-3(6(15)16)5(14)4(13)2(12)1-11/h2,4-5,11-14H,1H2,(H,15,16)(H3,8,10,17)/b9-3+/t2-,4+,5+/m1/s1. The Hall–Kier alpha value is -1.33. The van der Waals surface area contributed by atoms with E-state index in [1.165, 1.54) is 0 Å². The zero-order valence-corrected chi connectivity index (χ0v) is 9.33. The van der Waals surface area contributed by atoms with Gasteiger partial charge in [0.2, 0.25) is 0 Å². The fraction of sp³-hybridized carbons (Fsp3) is 0.571. The molecule has 0 aliphatic carbocycles. The predicted molar refractivity (Wildman–Crippen MR) is 60.1 cm³/mol. The number of aliphatic carboxylic acids is 1. The molecule has 0 saturated heterocycles. The third-order valence-corrected chi connectivity index (χ3v) is 1.78. The van der Waals surface area contributed by atoms with Gasteiger partial charge >= 0.3 is 5.97 Å². The SMILES string of the molecule is NC(=S)N/N=C(/C(=O)O)[C@H](O)[C@@H](O)[C@H](O)CO. The smallest absolute Gasteiger partial charge is 0.354 e. The first-order chi connectivity index (χ1) is 7.81. The van der Waals surface area contributed by atoms with Crippen LogP contribution in [0.1, 0.15) is 0 Å². The van der Waals surface area contributed by atoms with E-state index < -0.39 is 36.6 Å². The van der Waals surface area contributed by atoms with E-state index in [4.69, 9.17) is 21.1 Å². The lowest BCUT2D eigenvalue weighted by Crippen LogP contribution is -2.47. The van der Waals surface area contributed by atoms with E-state index in [1.807, 2.05) is 5.43 Å². The lowest BCUT2D eigenvalue weighted by atomic mass is 10.0. The summed E-state index contributed by atoms with van der Waals surface area (Å²) in [6.45, 7) is -0.853. The third kappa shape index (κ3) is 5.01. The average Bonchev–Trinajstić information content (AvgIpc) is 2.25. The predicted octanol–water partition coefficient (Wildman–Crippen LogP) is -3.66. The molecule has 17 heavy (non-hydrogen) atoms. The molecule has 9 nitrogen and oxygen atoms in total. The first kappa shape index (κ1) is 15.7. The second-order valence-electron chi connectivity index (χ2n) is 2.96. The summed E-state index contributed by atoms with van der Waals surface area (Å²) in [5.41, 5.74) is 6.01. The van der Waals surface area contributed by atoms with Gasteiger partial charge in [0.15, 0.2) is 10.8 Å². The van der Waals surface area contributed by atoms with Crippen molar-refractivity contribution in [2.24, 2.45) is 10.8 Å². The third-order valence-electron chi connectivity index (χ3n) is 1.69. The maximum atomic E-state index is 10.7. The summed E-state index contributed by atoms with van der Waals surface area (Å²) in [5, 5.41) is 47.7. The zero-order chi connectivity index (χ0) is 13.6. The molecule has 0 amide bonds. The van der Waals surface area contributed by atoms with Gasteiger partial charge in [-0.3, -0.25) is 5.43 Å². The molecule has 0 aromatic rings. The minimum Gasteiger partial charge on any atom is -0.477 e. The highest BCUT2D eigenvalue weighted by Gasteiger charge is 2.32. The van der Waals surface area contributed by atoms with Crippen LogP contribution in [-0.2, 0) is 4.79 Å². The van der Waals surface area contributed by atoms with Gasteiger partial charge in [-0.25, -0.2) is 4.79 Å². The number of aliphatic hydroxyl groups is 4. The minimum absolute atomic E-state index is 0.340. The molecule has 0 aliphatic heterocycles. The number of carbonyl (C=O) groups is 1. The monoisotopic (exact) mass is 267 g/mol. The fourth-order valence-corrected chi connectivity index (χ4v) is 0.882. The van der Waals surface area contributed by atoms with Crippen molar-refractivity contribution in [1.29, 1.82) is 0 Å². The largest absolute Gasteiger partial charge is 0.477 e. The van der Waals surface area contributed by atoms with Crippen molar-refractivity contribution in [3.8, 4) is 0 Å². The van der Waals surface area contributed by atoms with Gasteiger partial charge in [0.1, 0.15) is 18.3 Å². The van der Waals surface area contributed by atoms with Crippen molar-refractivity contribution in [2.75, 3.05) is 6.61 Å². The van der Waals surface area contributed by atoms with Crippen LogP contribution in [0.4, 0.5) is 0 Å². The van der Waals surface area contributed by atoms with Crippen LogP contribution in [0.15, 0.2) is 5.10 Å². The van der Waals surface area contributed by atoms with E-state index in [0.29, 0.717) is 0 Å². The van der Waals surface area contributed by atoms with Gasteiger partial charge < -0.3 is 31.3 Å². The number of hydrazone groups is 1. The Morgan fingerprint density at radius 1 is 1.41 bits per heavy atom. The molecule has 0 rings (SSSR count). The number of nitrogens with zero attached hydrogens (tertiary/aromatic N) is 1. The zero-order valence-electron chi connectivity index (χ0n) is 8.52. The van der Waals surface area contributed by atoms with Crippen molar-refractivity contribution in [2.45, 2.75) is 18.3 Å². The number of aliphatic hydroxyl groups excluding tert-OH is 4. The Labute approximate surface area is 101 Å².